The largest absolute Gasteiger partial charge is 0.494 e. The Bertz CT molecular complexity index is 1340. The number of amides is 1. The van der Waals surface area contributed by atoms with E-state index < -0.39 is 0 Å². The summed E-state index contributed by atoms with van der Waals surface area (Å²) in [6.45, 7) is 0.911. The number of benzene rings is 1. The number of H-pyrrole nitrogens is 1. The van der Waals surface area contributed by atoms with E-state index in [0.717, 1.165) is 45.5 Å². The molecule has 0 bridgehead atoms. The van der Waals surface area contributed by atoms with Gasteiger partial charge in [0.25, 0.3) is 0 Å². The monoisotopic (exact) mass is 450 g/mol. The van der Waals surface area contributed by atoms with Crippen molar-refractivity contribution in [3.05, 3.63) is 35.1 Å². The summed E-state index contributed by atoms with van der Waals surface area (Å²) in [5.74, 6) is 1.56. The van der Waals surface area contributed by atoms with Crippen LogP contribution in [-0.4, -0.2) is 62.4 Å². The first-order valence-electron chi connectivity index (χ1n) is 10.6. The Morgan fingerprint density at radius 1 is 1.34 bits per heavy atom. The number of nitrogens with one attached hydrogen (secondary N) is 2. The average Bonchev–Trinajstić information content (AvgIpc) is 3.39. The molecule has 0 spiro atoms. The molecule has 9 nitrogen and oxygen atoms in total. The van der Waals surface area contributed by atoms with E-state index >= 15 is 0 Å². The van der Waals surface area contributed by atoms with Gasteiger partial charge < -0.3 is 20.1 Å². The van der Waals surface area contributed by atoms with Crippen LogP contribution >= 0.6 is 11.3 Å². The minimum Gasteiger partial charge on any atom is -0.494 e. The number of carbonyl (C=O) groups excluding carboxylic acids is 1. The van der Waals surface area contributed by atoms with Crippen LogP contribution in [0.4, 0.5) is 11.5 Å². The van der Waals surface area contributed by atoms with Crippen LogP contribution in [0.1, 0.15) is 16.9 Å². The lowest BCUT2D eigenvalue weighted by Crippen LogP contribution is -2.55. The molecule has 3 N–H and O–H groups in total. The molecule has 3 aromatic heterocycles. The Balaban J connectivity index is 1.34. The van der Waals surface area contributed by atoms with E-state index in [1.165, 1.54) is 10.4 Å². The van der Waals surface area contributed by atoms with E-state index in [2.05, 4.69) is 25.5 Å². The Kier molecular flexibility index (Phi) is 4.51. The number of β-amino-alcohol motifs (C(OH)–C–C–N with tert-alkyl or cyclic N) is 1. The van der Waals surface area contributed by atoms with Crippen LogP contribution in [0.15, 0.2) is 24.7 Å². The summed E-state index contributed by atoms with van der Waals surface area (Å²) >= 11 is 1.64. The van der Waals surface area contributed by atoms with Crippen molar-refractivity contribution in [3.8, 4) is 5.75 Å². The number of aliphatic hydroxyl groups excluding tert-OH is 1. The van der Waals surface area contributed by atoms with Crippen molar-refractivity contribution in [3.63, 3.8) is 0 Å². The maximum Gasteiger partial charge on any atom is 0.226 e. The minimum atomic E-state index is -0.371. The van der Waals surface area contributed by atoms with Gasteiger partial charge in [-0.1, -0.05) is 0 Å². The summed E-state index contributed by atoms with van der Waals surface area (Å²) in [6.07, 6.45) is 5.29. The summed E-state index contributed by atoms with van der Waals surface area (Å²) in [5, 5.41) is 22.0. The van der Waals surface area contributed by atoms with Gasteiger partial charge >= 0.3 is 0 Å². The van der Waals surface area contributed by atoms with Gasteiger partial charge in [0, 0.05) is 35.3 Å². The lowest BCUT2D eigenvalue weighted by atomic mass is 9.86. The molecular formula is C22H22N6O3S. The molecule has 1 atom stereocenters. The second-order valence-corrected chi connectivity index (χ2v) is 9.46. The quantitative estimate of drug-likeness (QED) is 0.438. The van der Waals surface area contributed by atoms with Gasteiger partial charge in [-0.05, 0) is 30.9 Å². The van der Waals surface area contributed by atoms with Crippen LogP contribution in [0.25, 0.3) is 21.1 Å². The van der Waals surface area contributed by atoms with Crippen molar-refractivity contribution in [2.24, 2.45) is 5.92 Å². The number of methoxy groups -OCH3 is 1. The number of hydrogen-bond donors (Lipinski definition) is 3. The molecule has 4 aromatic rings. The first-order valence-corrected chi connectivity index (χ1v) is 11.4. The highest BCUT2D eigenvalue weighted by Gasteiger charge is 2.36. The topological polar surface area (TPSA) is 116 Å². The molecule has 32 heavy (non-hydrogen) atoms. The molecule has 10 heteroatoms. The van der Waals surface area contributed by atoms with Crippen LogP contribution in [-0.2, 0) is 17.6 Å². The Labute approximate surface area is 187 Å². The van der Waals surface area contributed by atoms with Crippen LogP contribution in [0.2, 0.25) is 0 Å². The van der Waals surface area contributed by atoms with Crippen molar-refractivity contribution in [1.29, 1.82) is 0 Å². The molecule has 1 aromatic carbocycles. The highest BCUT2D eigenvalue weighted by atomic mass is 32.1. The van der Waals surface area contributed by atoms with Gasteiger partial charge in [-0.25, -0.2) is 9.97 Å². The molecule has 164 valence electrons. The smallest absolute Gasteiger partial charge is 0.226 e. The third-order valence-corrected chi connectivity index (χ3v) is 7.54. The maximum atomic E-state index is 12.8. The van der Waals surface area contributed by atoms with Crippen molar-refractivity contribution >= 4 is 49.9 Å². The zero-order chi connectivity index (χ0) is 21.8. The van der Waals surface area contributed by atoms with E-state index in [9.17, 15) is 9.90 Å². The van der Waals surface area contributed by atoms with E-state index in [0.29, 0.717) is 25.3 Å². The number of hydrogen-bond acceptors (Lipinski definition) is 8. The predicted molar refractivity (Wildman–Crippen MR) is 121 cm³/mol. The molecule has 0 unspecified atom stereocenters. The fourth-order valence-corrected chi connectivity index (χ4v) is 5.94. The Hall–Kier alpha value is -3.24. The molecule has 0 saturated carbocycles. The number of ether oxygens (including phenoxy) is 1. The third-order valence-electron chi connectivity index (χ3n) is 6.38. The molecule has 1 saturated heterocycles. The molecule has 1 aliphatic heterocycles. The fourth-order valence-electron chi connectivity index (χ4n) is 4.67. The van der Waals surface area contributed by atoms with Gasteiger partial charge in [-0.2, -0.15) is 5.10 Å². The van der Waals surface area contributed by atoms with E-state index in [1.807, 2.05) is 12.1 Å². The molecule has 1 amide bonds. The second kappa shape index (κ2) is 7.42. The normalized spacial score (nSPS) is 18.6. The number of rotatable bonds is 4. The van der Waals surface area contributed by atoms with Gasteiger partial charge in [-0.15, -0.1) is 11.3 Å². The predicted octanol–water partition coefficient (Wildman–Crippen LogP) is 2.63. The maximum absolute atomic E-state index is 12.8. The second-order valence-electron chi connectivity index (χ2n) is 8.38. The minimum absolute atomic E-state index is 0.0315. The third kappa shape index (κ3) is 3.09. The zero-order valence-corrected chi connectivity index (χ0v) is 18.3. The first kappa shape index (κ1) is 19.4. The summed E-state index contributed by atoms with van der Waals surface area (Å²) in [6, 6.07) is 3.90. The van der Waals surface area contributed by atoms with Crippen molar-refractivity contribution in [2.45, 2.75) is 25.4 Å². The zero-order valence-electron chi connectivity index (χ0n) is 17.5. The van der Waals surface area contributed by atoms with Gasteiger partial charge in [0.05, 0.1) is 36.0 Å². The average molecular weight is 451 g/mol. The molecule has 0 radical (unpaired) electrons. The van der Waals surface area contributed by atoms with E-state index in [-0.39, 0.29) is 17.9 Å². The highest BCUT2D eigenvalue weighted by molar-refractivity contribution is 7.19. The van der Waals surface area contributed by atoms with Gasteiger partial charge in [-0.3, -0.25) is 9.89 Å². The molecule has 6 rings (SSSR count). The van der Waals surface area contributed by atoms with Crippen LogP contribution in [0, 0.1) is 5.92 Å². The fraction of sp³-hybridized carbons (Fsp3) is 0.364. The van der Waals surface area contributed by atoms with Crippen molar-refractivity contribution in [2.75, 3.05) is 25.5 Å². The Morgan fingerprint density at radius 3 is 3.03 bits per heavy atom. The summed E-state index contributed by atoms with van der Waals surface area (Å²) in [7, 11) is 1.64. The number of likely N-dealkylation sites (tertiary alicyclic amines) is 1. The molecule has 4 heterocycles. The number of aromatic nitrogens is 4. The highest BCUT2D eigenvalue weighted by Crippen LogP contribution is 2.42. The Morgan fingerprint density at radius 2 is 2.22 bits per heavy atom. The molecular weight excluding hydrogens is 428 g/mol. The van der Waals surface area contributed by atoms with Crippen LogP contribution < -0.4 is 10.1 Å². The lowest BCUT2D eigenvalue weighted by molar-refractivity contribution is -0.146. The number of aromatic amines is 1. The number of carbonyl (C=O) groups is 1. The van der Waals surface area contributed by atoms with Gasteiger partial charge in [0.15, 0.2) is 0 Å². The van der Waals surface area contributed by atoms with E-state index in [4.69, 9.17) is 4.74 Å². The number of aliphatic hydroxyl groups is 1. The van der Waals surface area contributed by atoms with Crippen molar-refractivity contribution < 1.29 is 14.6 Å². The SMILES string of the molecule is COc1cc2[nH]ncc2cc1Nc1ncnc2sc3c(c12)CC[C@H](C(=O)N1CC(O)C1)C3. The summed E-state index contributed by atoms with van der Waals surface area (Å²) in [4.78, 5) is 25.7. The molecule has 1 aliphatic carbocycles. The summed E-state index contributed by atoms with van der Waals surface area (Å²) in [5.41, 5.74) is 2.93. The van der Waals surface area contributed by atoms with Crippen LogP contribution in [0.3, 0.4) is 0 Å². The number of anilines is 2. The number of aryl methyl sites for hydroxylation is 1. The number of nitrogens with zero attached hydrogens (tertiary/aromatic N) is 4. The van der Waals surface area contributed by atoms with E-state index in [1.54, 1.807) is 35.9 Å². The molecule has 1 fully saturated rings. The standard InChI is InChI=1S/C22H22N6O3S/c1-31-17-6-15-12(7-25-27-15)4-16(17)26-20-19-14-3-2-11(22(30)28-8-13(29)9-28)5-18(14)32-21(19)24-10-23-20/h4,6-7,10-11,13,29H,2-3,5,8-9H2,1H3,(H,25,27)(H,23,24,26)/t11-/m0/s1. The lowest BCUT2D eigenvalue weighted by Gasteiger charge is -2.38. The molecule has 2 aliphatic rings. The van der Waals surface area contributed by atoms with Gasteiger partial charge in [0.2, 0.25) is 5.91 Å². The number of fused-ring (bicyclic) bond motifs is 4. The first-order chi connectivity index (χ1) is 15.6. The number of thiophene rings is 1. The van der Waals surface area contributed by atoms with Gasteiger partial charge in [0.1, 0.15) is 22.7 Å². The van der Waals surface area contributed by atoms with Crippen molar-refractivity contribution in [1.82, 2.24) is 25.1 Å². The van der Waals surface area contributed by atoms with Crippen LogP contribution in [0.5, 0.6) is 5.75 Å². The summed E-state index contributed by atoms with van der Waals surface area (Å²) < 4.78 is 5.58.